The molecule has 0 aliphatic rings. The number of ether oxygens (including phenoxy) is 1. The fourth-order valence-corrected chi connectivity index (χ4v) is 11.8. The molecule has 3 aromatic rings. The molecule has 0 saturated heterocycles. The van der Waals surface area contributed by atoms with E-state index >= 15 is 0 Å². The number of hydrogen-bond donors (Lipinski definition) is 0. The van der Waals surface area contributed by atoms with Gasteiger partial charge >= 0.3 is 0 Å². The number of carbonyl (C=O) groups is 1. The molecule has 0 unspecified atom stereocenters. The first-order chi connectivity index (χ1) is 29.5. The van der Waals surface area contributed by atoms with Crippen molar-refractivity contribution in [1.82, 2.24) is 0 Å². The predicted molar refractivity (Wildman–Crippen MR) is 282 cm³/mol. The van der Waals surface area contributed by atoms with Gasteiger partial charge in [-0.25, -0.2) is 0 Å². The summed E-state index contributed by atoms with van der Waals surface area (Å²) in [6, 6.07) is 31.7. The smallest absolute Gasteiger partial charge is 0.192 e. The monoisotopic (exact) mass is 927 g/mol. The van der Waals surface area contributed by atoms with E-state index in [1.165, 1.54) is 0 Å². The zero-order valence-corrected chi connectivity index (χ0v) is 46.8. The van der Waals surface area contributed by atoms with E-state index in [1.54, 1.807) is 0 Å². The van der Waals surface area contributed by atoms with Gasteiger partial charge in [-0.15, -0.1) is 0 Å². The van der Waals surface area contributed by atoms with Crippen LogP contribution in [0, 0.1) is 23.7 Å². The van der Waals surface area contributed by atoms with Crippen LogP contribution in [0.3, 0.4) is 0 Å². The normalized spacial score (nSPS) is 17.2. The lowest BCUT2D eigenvalue weighted by Crippen LogP contribution is -2.48. The first kappa shape index (κ1) is 55.6. The first-order valence-electron chi connectivity index (χ1n) is 24.1. The molecule has 0 aliphatic carbocycles. The Morgan fingerprint density at radius 2 is 0.922 bits per heavy atom. The molecule has 0 aliphatic heterocycles. The molecule has 0 bridgehead atoms. The van der Waals surface area contributed by atoms with Crippen molar-refractivity contribution in [2.24, 2.45) is 23.7 Å². The molecular weight excluding hydrogens is 837 g/mol. The van der Waals surface area contributed by atoms with Crippen molar-refractivity contribution in [1.29, 1.82) is 0 Å². The number of rotatable bonds is 23. The maximum Gasteiger partial charge on any atom is 0.192 e. The zero-order chi connectivity index (χ0) is 48.4. The van der Waals surface area contributed by atoms with Gasteiger partial charge in [0, 0.05) is 12.3 Å². The molecule has 0 amide bonds. The lowest BCUT2D eigenvalue weighted by molar-refractivity contribution is -0.111. The van der Waals surface area contributed by atoms with Crippen molar-refractivity contribution in [3.8, 4) is 0 Å². The van der Waals surface area contributed by atoms with E-state index in [1.807, 2.05) is 6.92 Å². The Labute approximate surface area is 395 Å². The third-order valence-corrected chi connectivity index (χ3v) is 28.3. The summed E-state index contributed by atoms with van der Waals surface area (Å²) in [7, 11) is -6.57. The minimum absolute atomic E-state index is 0.0222. The van der Waals surface area contributed by atoms with Crippen molar-refractivity contribution in [3.05, 3.63) is 132 Å². The zero-order valence-electron chi connectivity index (χ0n) is 43.8. The van der Waals surface area contributed by atoms with E-state index in [-0.39, 0.29) is 57.1 Å². The van der Waals surface area contributed by atoms with Gasteiger partial charge in [-0.05, 0) is 95.3 Å². The van der Waals surface area contributed by atoms with Crippen LogP contribution in [0.4, 0.5) is 0 Å². The van der Waals surface area contributed by atoms with E-state index in [9.17, 15) is 4.79 Å². The van der Waals surface area contributed by atoms with Gasteiger partial charge in [0.25, 0.3) is 0 Å². The van der Waals surface area contributed by atoms with Crippen LogP contribution in [-0.4, -0.2) is 56.2 Å². The molecule has 64 heavy (non-hydrogen) atoms. The molecule has 7 atom stereocenters. The van der Waals surface area contributed by atoms with Crippen LogP contribution in [0.15, 0.2) is 115 Å². The average Bonchev–Trinajstić information content (AvgIpc) is 3.21. The lowest BCUT2D eigenvalue weighted by Gasteiger charge is -2.43. The van der Waals surface area contributed by atoms with Crippen molar-refractivity contribution < 1.29 is 22.8 Å². The van der Waals surface area contributed by atoms with Gasteiger partial charge in [0.05, 0.1) is 24.9 Å². The Hall–Kier alpha value is -2.70. The number of carbonyl (C=O) groups excluding carboxylic acids is 1. The van der Waals surface area contributed by atoms with Gasteiger partial charge in [-0.2, -0.15) is 0 Å². The lowest BCUT2D eigenvalue weighted by atomic mass is 9.80. The summed E-state index contributed by atoms with van der Waals surface area (Å²) in [5, 5.41) is 0.120. The topological polar surface area (TPSA) is 54.0 Å². The summed E-state index contributed by atoms with van der Waals surface area (Å²) in [6.07, 6.45) is 11.5. The molecule has 0 saturated carbocycles. The number of aldehydes is 1. The Kier molecular flexibility index (Phi) is 19.9. The molecule has 0 fully saturated rings. The fraction of sp³-hybridized carbons (Fsp3) is 0.589. The molecule has 3 rings (SSSR count). The van der Waals surface area contributed by atoms with Crippen LogP contribution < -0.4 is 0 Å². The summed E-state index contributed by atoms with van der Waals surface area (Å²) in [5.41, 5.74) is 2.46. The molecule has 356 valence electrons. The number of benzene rings is 3. The van der Waals surface area contributed by atoms with Gasteiger partial charge in [-0.3, -0.25) is 0 Å². The predicted octanol–water partition coefficient (Wildman–Crippen LogP) is 15.8. The second-order valence-corrected chi connectivity index (χ2v) is 37.6. The summed E-state index contributed by atoms with van der Waals surface area (Å²) < 4.78 is 29.3. The Bertz CT molecular complexity index is 1790. The standard InChI is InChI=1S/C56H90O5Si3/c1-43(42-57)40-46(4)52(61-64(18,19)55(11,12)13)45(3)37-38-50(59-62(14,15)53(5,6)7)41-51(60-63(16,17)54(8,9)10)44(2)30-29-39-58-56(47-31-23-20-24-32-47,48-33-25-21-26-34-48)49-35-27-22-28-36-49/h20-38,42-46,50-52H,39-41H2,1-19H3/b30-29+,38-37-/t43-,44+,45-,46-,50+,51-,52-/m0/s1. The quantitative estimate of drug-likeness (QED) is 0.0410. The highest BCUT2D eigenvalue weighted by atomic mass is 28.4. The highest BCUT2D eigenvalue weighted by Gasteiger charge is 2.44. The molecule has 8 heteroatoms. The van der Waals surface area contributed by atoms with E-state index in [2.05, 4.69) is 238 Å². The second kappa shape index (κ2) is 22.9. The molecule has 0 aromatic heterocycles. The fourth-order valence-electron chi connectivity index (χ4n) is 7.65. The highest BCUT2D eigenvalue weighted by Crippen LogP contribution is 2.44. The van der Waals surface area contributed by atoms with Crippen LogP contribution in [0.2, 0.25) is 54.4 Å². The third-order valence-electron chi connectivity index (χ3n) is 14.9. The van der Waals surface area contributed by atoms with Crippen LogP contribution in [0.25, 0.3) is 0 Å². The SMILES string of the molecule is C[C@H](C=O)C[C@H](C)[C@@H](O[Si](C)(C)C(C)(C)C)[C@@H](C)/C=C\[C@H](C[C@H](O[Si](C)(C)C(C)(C)C)[C@H](C)/C=C/COC(c1ccccc1)(c1ccccc1)c1ccccc1)O[Si](C)(C)C(C)(C)C. The van der Waals surface area contributed by atoms with Crippen molar-refractivity contribution in [3.63, 3.8) is 0 Å². The summed E-state index contributed by atoms with van der Waals surface area (Å²) >= 11 is 0. The van der Waals surface area contributed by atoms with E-state index < -0.39 is 30.6 Å². The molecule has 5 nitrogen and oxygen atoms in total. The maximum atomic E-state index is 11.8. The molecular formula is C56H90O5Si3. The highest BCUT2D eigenvalue weighted by molar-refractivity contribution is 6.75. The molecule has 0 N–H and O–H groups in total. The second-order valence-electron chi connectivity index (χ2n) is 23.4. The van der Waals surface area contributed by atoms with Crippen molar-refractivity contribution >= 4 is 31.2 Å². The third kappa shape index (κ3) is 14.9. The summed E-state index contributed by atoms with van der Waals surface area (Å²) in [5.74, 6) is 0.376. The summed E-state index contributed by atoms with van der Waals surface area (Å²) in [4.78, 5) is 11.8. The molecule has 0 spiro atoms. The Morgan fingerprint density at radius 3 is 1.33 bits per heavy atom. The Balaban J connectivity index is 2.09. The molecule has 0 heterocycles. The minimum Gasteiger partial charge on any atom is -0.413 e. The van der Waals surface area contributed by atoms with E-state index in [0.29, 0.717) is 6.61 Å². The van der Waals surface area contributed by atoms with Gasteiger partial charge in [0.15, 0.2) is 25.0 Å². The van der Waals surface area contributed by atoms with Gasteiger partial charge in [0.2, 0.25) is 0 Å². The maximum absolute atomic E-state index is 11.8. The van der Waals surface area contributed by atoms with Crippen molar-refractivity contribution in [2.75, 3.05) is 6.61 Å². The van der Waals surface area contributed by atoms with E-state index in [4.69, 9.17) is 18.0 Å². The van der Waals surface area contributed by atoms with Gasteiger partial charge in [-0.1, -0.05) is 205 Å². The molecule has 0 radical (unpaired) electrons. The minimum atomic E-state index is -2.22. The van der Waals surface area contributed by atoms with Gasteiger partial charge in [0.1, 0.15) is 11.9 Å². The van der Waals surface area contributed by atoms with Crippen LogP contribution in [0.5, 0.6) is 0 Å². The Morgan fingerprint density at radius 1 is 0.516 bits per heavy atom. The largest absolute Gasteiger partial charge is 0.413 e. The summed E-state index contributed by atoms with van der Waals surface area (Å²) in [6.45, 7) is 44.2. The number of hydrogen-bond acceptors (Lipinski definition) is 5. The van der Waals surface area contributed by atoms with Gasteiger partial charge < -0.3 is 22.8 Å². The van der Waals surface area contributed by atoms with Crippen LogP contribution >= 0.6 is 0 Å². The molecule has 3 aromatic carbocycles. The first-order valence-corrected chi connectivity index (χ1v) is 32.9. The van der Waals surface area contributed by atoms with E-state index in [0.717, 1.165) is 35.8 Å². The van der Waals surface area contributed by atoms with Crippen LogP contribution in [-0.2, 0) is 28.4 Å². The van der Waals surface area contributed by atoms with Crippen molar-refractivity contribution in [2.45, 2.75) is 181 Å². The van der Waals surface area contributed by atoms with Crippen LogP contribution in [0.1, 0.15) is 120 Å². The average molecular weight is 928 g/mol.